The number of thioether (sulfide) groups is 1. The largest absolute Gasteiger partial charge is 0.154 e. The van der Waals surface area contributed by atoms with Gasteiger partial charge >= 0.3 is 0 Å². The van der Waals surface area contributed by atoms with Gasteiger partial charge in [-0.15, -0.1) is 0 Å². The Morgan fingerprint density at radius 3 is 2.71 bits per heavy atom. The first-order valence-corrected chi connectivity index (χ1v) is 3.73. The summed E-state index contributed by atoms with van der Waals surface area (Å²) < 4.78 is 0. The van der Waals surface area contributed by atoms with Crippen LogP contribution in [0.4, 0.5) is 0 Å². The first-order valence-electron chi connectivity index (χ1n) is 2.21. The van der Waals surface area contributed by atoms with E-state index in [1.54, 1.807) is 17.1 Å². The fraction of sp³-hybridized carbons (Fsp3) is 0.600. The molecule has 2 heteroatoms. The maximum absolute atomic E-state index is 4.63. The third-order valence-corrected chi connectivity index (χ3v) is 1.93. The average Bonchev–Trinajstić information content (AvgIpc) is 1.68. The van der Waals surface area contributed by atoms with Crippen molar-refractivity contribution in [3.8, 4) is 0 Å². The summed E-state index contributed by atoms with van der Waals surface area (Å²) in [6.07, 6.45) is 0. The Kier molecular flexibility index (Phi) is 4.88. The van der Waals surface area contributed by atoms with Crippen molar-refractivity contribution in [3.05, 3.63) is 6.92 Å². The predicted molar refractivity (Wildman–Crippen MR) is 40.9 cm³/mol. The lowest BCUT2D eigenvalue weighted by molar-refractivity contribution is 1.49. The zero-order chi connectivity index (χ0) is 5.70. The van der Waals surface area contributed by atoms with E-state index in [2.05, 4.69) is 26.1 Å². The van der Waals surface area contributed by atoms with Gasteiger partial charge in [-0.1, -0.05) is 19.1 Å². The van der Waals surface area contributed by atoms with E-state index in [4.69, 9.17) is 0 Å². The second kappa shape index (κ2) is 4.60. The van der Waals surface area contributed by atoms with Gasteiger partial charge in [0, 0.05) is 5.25 Å². The van der Waals surface area contributed by atoms with Gasteiger partial charge in [0.05, 0.1) is 0 Å². The van der Waals surface area contributed by atoms with Gasteiger partial charge in [-0.05, 0) is 18.0 Å². The summed E-state index contributed by atoms with van der Waals surface area (Å²) in [6.45, 7) is 5.85. The summed E-state index contributed by atoms with van der Waals surface area (Å²) in [5, 5.41) is 1.99. The van der Waals surface area contributed by atoms with Crippen LogP contribution in [-0.4, -0.2) is 16.4 Å². The summed E-state index contributed by atoms with van der Waals surface area (Å²) in [4.78, 5) is 0. The minimum atomic E-state index is 0.306. The molecule has 0 rings (SSSR count). The van der Waals surface area contributed by atoms with Gasteiger partial charge in [0.15, 0.2) is 0 Å². The molecule has 1 radical (unpaired) electrons. The van der Waals surface area contributed by atoms with Crippen LogP contribution in [0.3, 0.4) is 0 Å². The van der Waals surface area contributed by atoms with E-state index in [-0.39, 0.29) is 0 Å². The third kappa shape index (κ3) is 4.29. The first kappa shape index (κ1) is 7.44. The van der Waals surface area contributed by atoms with Gasteiger partial charge in [0.1, 0.15) is 0 Å². The van der Waals surface area contributed by atoms with E-state index >= 15 is 0 Å². The summed E-state index contributed by atoms with van der Waals surface area (Å²) in [6, 6.07) is 0. The van der Waals surface area contributed by atoms with Crippen molar-refractivity contribution in [2.45, 2.75) is 12.2 Å². The lowest BCUT2D eigenvalue weighted by Gasteiger charge is -1.97. The van der Waals surface area contributed by atoms with Gasteiger partial charge in [-0.2, -0.15) is 11.8 Å². The SMILES string of the molecule is [CH2]C(C=S)SCC. The minimum absolute atomic E-state index is 0.306. The molecule has 0 nitrogen and oxygen atoms in total. The third-order valence-electron chi connectivity index (χ3n) is 0.533. The standard InChI is InChI=1S/C5H9S2/c1-3-7-5(2)4-6/h4-5H,2-3H2,1H3. The first-order chi connectivity index (χ1) is 3.31. The highest BCUT2D eigenvalue weighted by molar-refractivity contribution is 8.01. The Bertz CT molecular complexity index is 52.0. The molecule has 0 aromatic heterocycles. The number of hydrogen-bond donors (Lipinski definition) is 0. The molecule has 0 aliphatic heterocycles. The maximum atomic E-state index is 4.63. The van der Waals surface area contributed by atoms with Gasteiger partial charge in [0.25, 0.3) is 0 Å². The van der Waals surface area contributed by atoms with E-state index < -0.39 is 0 Å². The fourth-order valence-corrected chi connectivity index (χ4v) is 0.996. The molecule has 1 atom stereocenters. The second-order valence-corrected chi connectivity index (χ2v) is 2.92. The summed E-state index contributed by atoms with van der Waals surface area (Å²) in [5.41, 5.74) is 0. The van der Waals surface area contributed by atoms with Gasteiger partial charge in [0.2, 0.25) is 0 Å². The molecule has 0 bridgehead atoms. The quantitative estimate of drug-likeness (QED) is 0.540. The Morgan fingerprint density at radius 1 is 2.00 bits per heavy atom. The summed E-state index contributed by atoms with van der Waals surface area (Å²) in [5.74, 6) is 1.10. The Hall–Kier alpha value is 0.440. The highest BCUT2D eigenvalue weighted by Crippen LogP contribution is 2.05. The van der Waals surface area contributed by atoms with Crippen LogP contribution in [0.1, 0.15) is 6.92 Å². The van der Waals surface area contributed by atoms with Crippen LogP contribution >= 0.6 is 24.0 Å². The summed E-state index contributed by atoms with van der Waals surface area (Å²) >= 11 is 6.39. The van der Waals surface area contributed by atoms with Gasteiger partial charge < -0.3 is 0 Å². The van der Waals surface area contributed by atoms with Crippen LogP contribution in [0.25, 0.3) is 0 Å². The van der Waals surface area contributed by atoms with E-state index in [0.717, 1.165) is 5.75 Å². The highest BCUT2D eigenvalue weighted by atomic mass is 32.2. The molecule has 0 aromatic carbocycles. The van der Waals surface area contributed by atoms with Crippen LogP contribution in [0.5, 0.6) is 0 Å². The zero-order valence-electron chi connectivity index (χ0n) is 4.39. The number of thiocarbonyl (C=S) groups is 1. The van der Waals surface area contributed by atoms with Crippen molar-refractivity contribution >= 4 is 29.3 Å². The van der Waals surface area contributed by atoms with E-state index in [1.807, 2.05) is 0 Å². The van der Waals surface area contributed by atoms with E-state index in [0.29, 0.717) is 5.25 Å². The summed E-state index contributed by atoms with van der Waals surface area (Å²) in [7, 11) is 0. The molecule has 7 heavy (non-hydrogen) atoms. The lowest BCUT2D eigenvalue weighted by atomic mass is 10.6. The smallest absolute Gasteiger partial charge is 0.0331 e. The Balaban J connectivity index is 2.98. The molecule has 41 valence electrons. The molecule has 0 heterocycles. The normalized spacial score (nSPS) is 13.4. The Morgan fingerprint density at radius 2 is 2.57 bits per heavy atom. The highest BCUT2D eigenvalue weighted by Gasteiger charge is 1.90. The minimum Gasteiger partial charge on any atom is -0.154 e. The molecule has 1 unspecified atom stereocenters. The molecule has 0 amide bonds. The second-order valence-electron chi connectivity index (χ2n) is 1.13. The van der Waals surface area contributed by atoms with E-state index in [9.17, 15) is 0 Å². The monoisotopic (exact) mass is 133 g/mol. The number of hydrogen-bond acceptors (Lipinski definition) is 2. The molecule has 0 N–H and O–H groups in total. The van der Waals surface area contributed by atoms with Crippen molar-refractivity contribution < 1.29 is 0 Å². The topological polar surface area (TPSA) is 0 Å². The molecule has 0 spiro atoms. The zero-order valence-corrected chi connectivity index (χ0v) is 6.02. The van der Waals surface area contributed by atoms with Crippen molar-refractivity contribution in [1.82, 2.24) is 0 Å². The fourth-order valence-electron chi connectivity index (χ4n) is 0.253. The number of rotatable bonds is 3. The molecule has 0 fully saturated rings. The van der Waals surface area contributed by atoms with Crippen molar-refractivity contribution in [1.29, 1.82) is 0 Å². The molecule has 0 saturated heterocycles. The van der Waals surface area contributed by atoms with Crippen molar-refractivity contribution in [3.63, 3.8) is 0 Å². The van der Waals surface area contributed by atoms with Crippen LogP contribution in [0.15, 0.2) is 0 Å². The predicted octanol–water partition coefficient (Wildman–Crippen LogP) is 1.94. The molecule has 0 saturated carbocycles. The molecule has 0 aliphatic rings. The van der Waals surface area contributed by atoms with Crippen LogP contribution in [0, 0.1) is 6.92 Å². The van der Waals surface area contributed by atoms with Crippen molar-refractivity contribution in [2.75, 3.05) is 5.75 Å². The van der Waals surface area contributed by atoms with Crippen LogP contribution < -0.4 is 0 Å². The van der Waals surface area contributed by atoms with Crippen LogP contribution in [0.2, 0.25) is 0 Å². The average molecular weight is 133 g/mol. The van der Waals surface area contributed by atoms with Gasteiger partial charge in [-0.3, -0.25) is 0 Å². The maximum Gasteiger partial charge on any atom is 0.0331 e. The lowest BCUT2D eigenvalue weighted by Crippen LogP contribution is -1.94. The molecule has 0 aromatic rings. The molecule has 0 aliphatic carbocycles. The Labute approximate surface area is 54.7 Å². The van der Waals surface area contributed by atoms with E-state index in [1.165, 1.54) is 0 Å². The molecular formula is C5H9S2. The van der Waals surface area contributed by atoms with Crippen molar-refractivity contribution in [2.24, 2.45) is 0 Å². The van der Waals surface area contributed by atoms with Gasteiger partial charge in [-0.25, -0.2) is 0 Å². The molecular weight excluding hydrogens is 124 g/mol. The van der Waals surface area contributed by atoms with Crippen LogP contribution in [-0.2, 0) is 0 Å².